The number of aliphatic hydroxyl groups is 1. The fourth-order valence-electron chi connectivity index (χ4n) is 3.95. The summed E-state index contributed by atoms with van der Waals surface area (Å²) in [6, 6.07) is 15.9. The number of piperidine rings is 1. The van der Waals surface area contributed by atoms with Gasteiger partial charge in [0.2, 0.25) is 0 Å². The van der Waals surface area contributed by atoms with Gasteiger partial charge in [-0.05, 0) is 62.2 Å². The quantitative estimate of drug-likeness (QED) is 0.640. The number of likely N-dealkylation sites (tertiary alicyclic amines) is 1. The maximum atomic E-state index is 10.4. The van der Waals surface area contributed by atoms with E-state index in [2.05, 4.69) is 22.8 Å². The van der Waals surface area contributed by atoms with Crippen LogP contribution in [-0.4, -0.2) is 61.8 Å². The monoisotopic (exact) mass is 412 g/mol. The summed E-state index contributed by atoms with van der Waals surface area (Å²) in [4.78, 5) is 4.60. The molecule has 5 heteroatoms. The number of ether oxygens (including phenoxy) is 2. The van der Waals surface area contributed by atoms with Crippen LogP contribution in [0.15, 0.2) is 48.5 Å². The fraction of sp³-hybridized carbons (Fsp3) is 0.520. The summed E-state index contributed by atoms with van der Waals surface area (Å²) in [5.74, 6) is 2.40. The lowest BCUT2D eigenvalue weighted by Gasteiger charge is -2.30. The number of likely N-dealkylation sites (N-methyl/N-ethyl adjacent to an activating group) is 1. The summed E-state index contributed by atoms with van der Waals surface area (Å²) in [6.45, 7) is 7.60. The Morgan fingerprint density at radius 3 is 2.53 bits per heavy atom. The minimum atomic E-state index is -0.501. The standard InChI is InChI=1S/C25H36N2O3/c1-20-11-13-27(14-12-20)15-16-30-24-10-9-21(17-25(24)29-3)18-26(2)19-23(28)22-7-5-4-6-8-22/h4-10,17,20,23,28H,11-16,18-19H2,1-3H3/t23-/m0/s1. The van der Waals surface area contributed by atoms with Gasteiger partial charge in [-0.1, -0.05) is 43.3 Å². The van der Waals surface area contributed by atoms with Crippen LogP contribution in [-0.2, 0) is 6.54 Å². The van der Waals surface area contributed by atoms with Crippen LogP contribution < -0.4 is 9.47 Å². The first-order valence-electron chi connectivity index (χ1n) is 11.0. The van der Waals surface area contributed by atoms with Crippen LogP contribution in [0, 0.1) is 5.92 Å². The highest BCUT2D eigenvalue weighted by Crippen LogP contribution is 2.29. The summed E-state index contributed by atoms with van der Waals surface area (Å²) in [5, 5.41) is 10.4. The molecule has 0 amide bonds. The molecule has 5 nitrogen and oxygen atoms in total. The molecule has 1 atom stereocenters. The molecule has 0 spiro atoms. The van der Waals surface area contributed by atoms with Crippen molar-refractivity contribution in [3.63, 3.8) is 0 Å². The van der Waals surface area contributed by atoms with Crippen LogP contribution >= 0.6 is 0 Å². The second kappa shape index (κ2) is 11.3. The maximum absolute atomic E-state index is 10.4. The predicted octanol–water partition coefficient (Wildman–Crippen LogP) is 3.97. The number of benzene rings is 2. The first-order chi connectivity index (χ1) is 14.5. The van der Waals surface area contributed by atoms with Gasteiger partial charge in [-0.3, -0.25) is 9.80 Å². The third kappa shape index (κ3) is 6.73. The number of hydrogen-bond donors (Lipinski definition) is 1. The Labute approximate surface area is 181 Å². The molecule has 0 aromatic heterocycles. The molecule has 2 aromatic rings. The minimum Gasteiger partial charge on any atom is -0.493 e. The zero-order valence-corrected chi connectivity index (χ0v) is 18.6. The Bertz CT molecular complexity index is 760. The minimum absolute atomic E-state index is 0.501. The van der Waals surface area contributed by atoms with E-state index in [-0.39, 0.29) is 0 Å². The van der Waals surface area contributed by atoms with Gasteiger partial charge in [-0.15, -0.1) is 0 Å². The van der Waals surface area contributed by atoms with Gasteiger partial charge >= 0.3 is 0 Å². The molecule has 1 aliphatic heterocycles. The Hall–Kier alpha value is -2.08. The van der Waals surface area contributed by atoms with Crippen LogP contribution in [0.5, 0.6) is 11.5 Å². The van der Waals surface area contributed by atoms with Gasteiger partial charge in [0.1, 0.15) is 6.61 Å². The van der Waals surface area contributed by atoms with E-state index in [0.29, 0.717) is 13.2 Å². The Kier molecular flexibility index (Phi) is 8.55. The molecule has 3 rings (SSSR count). The maximum Gasteiger partial charge on any atom is 0.161 e. The molecule has 1 saturated heterocycles. The molecule has 1 fully saturated rings. The molecule has 1 aliphatic rings. The van der Waals surface area contributed by atoms with Crippen molar-refractivity contribution >= 4 is 0 Å². The number of methoxy groups -OCH3 is 1. The third-order valence-electron chi connectivity index (χ3n) is 5.89. The van der Waals surface area contributed by atoms with Crippen LogP contribution in [0.4, 0.5) is 0 Å². The van der Waals surface area contributed by atoms with Crippen molar-refractivity contribution < 1.29 is 14.6 Å². The first-order valence-corrected chi connectivity index (χ1v) is 11.0. The number of hydrogen-bond acceptors (Lipinski definition) is 5. The average molecular weight is 413 g/mol. The number of aliphatic hydroxyl groups excluding tert-OH is 1. The second-order valence-corrected chi connectivity index (χ2v) is 8.48. The van der Waals surface area contributed by atoms with E-state index in [9.17, 15) is 5.11 Å². The van der Waals surface area contributed by atoms with Gasteiger partial charge < -0.3 is 14.6 Å². The lowest BCUT2D eigenvalue weighted by Crippen LogP contribution is -2.35. The molecule has 1 heterocycles. The van der Waals surface area contributed by atoms with Crippen LogP contribution in [0.2, 0.25) is 0 Å². The van der Waals surface area contributed by atoms with Crippen molar-refractivity contribution in [2.24, 2.45) is 5.92 Å². The highest BCUT2D eigenvalue weighted by molar-refractivity contribution is 5.43. The summed E-state index contributed by atoms with van der Waals surface area (Å²) >= 11 is 0. The van der Waals surface area contributed by atoms with E-state index in [1.165, 1.54) is 25.9 Å². The highest BCUT2D eigenvalue weighted by atomic mass is 16.5. The van der Waals surface area contributed by atoms with E-state index in [1.807, 2.05) is 49.5 Å². The van der Waals surface area contributed by atoms with Crippen LogP contribution in [0.1, 0.15) is 37.0 Å². The van der Waals surface area contributed by atoms with Gasteiger partial charge in [0.05, 0.1) is 13.2 Å². The van der Waals surface area contributed by atoms with Crippen molar-refractivity contribution in [2.45, 2.75) is 32.4 Å². The molecule has 2 aromatic carbocycles. The van der Waals surface area contributed by atoms with E-state index >= 15 is 0 Å². The zero-order chi connectivity index (χ0) is 21.3. The molecule has 0 aliphatic carbocycles. The van der Waals surface area contributed by atoms with Gasteiger partial charge in [-0.2, -0.15) is 0 Å². The van der Waals surface area contributed by atoms with Crippen molar-refractivity contribution in [1.29, 1.82) is 0 Å². The fourth-order valence-corrected chi connectivity index (χ4v) is 3.95. The van der Waals surface area contributed by atoms with E-state index in [4.69, 9.17) is 9.47 Å². The summed E-state index contributed by atoms with van der Waals surface area (Å²) in [7, 11) is 3.70. The lowest BCUT2D eigenvalue weighted by atomic mass is 9.99. The van der Waals surface area contributed by atoms with Gasteiger partial charge in [0.15, 0.2) is 11.5 Å². The van der Waals surface area contributed by atoms with Gasteiger partial charge in [0.25, 0.3) is 0 Å². The summed E-state index contributed by atoms with van der Waals surface area (Å²) in [6.07, 6.45) is 2.06. The van der Waals surface area contributed by atoms with Crippen LogP contribution in [0.25, 0.3) is 0 Å². The molecule has 0 unspecified atom stereocenters. The Balaban J connectivity index is 1.49. The van der Waals surface area contributed by atoms with E-state index in [1.54, 1.807) is 7.11 Å². The molecule has 0 radical (unpaired) electrons. The third-order valence-corrected chi connectivity index (χ3v) is 5.89. The summed E-state index contributed by atoms with van der Waals surface area (Å²) < 4.78 is 11.6. The molecule has 0 saturated carbocycles. The van der Waals surface area contributed by atoms with Crippen molar-refractivity contribution in [3.05, 3.63) is 59.7 Å². The first kappa shape index (κ1) is 22.6. The zero-order valence-electron chi connectivity index (χ0n) is 18.6. The largest absolute Gasteiger partial charge is 0.493 e. The average Bonchev–Trinajstić information content (AvgIpc) is 2.76. The molecule has 0 bridgehead atoms. The normalized spacial score (nSPS) is 16.6. The molecule has 30 heavy (non-hydrogen) atoms. The highest BCUT2D eigenvalue weighted by Gasteiger charge is 2.16. The number of rotatable bonds is 10. The Morgan fingerprint density at radius 2 is 1.83 bits per heavy atom. The SMILES string of the molecule is COc1cc(CN(C)C[C@H](O)c2ccccc2)ccc1OCCN1CCC(C)CC1. The second-order valence-electron chi connectivity index (χ2n) is 8.48. The van der Waals surface area contributed by atoms with Crippen molar-refractivity contribution in [2.75, 3.05) is 46.9 Å². The topological polar surface area (TPSA) is 45.2 Å². The smallest absolute Gasteiger partial charge is 0.161 e. The number of nitrogens with zero attached hydrogens (tertiary/aromatic N) is 2. The molecular weight excluding hydrogens is 376 g/mol. The van der Waals surface area contributed by atoms with E-state index < -0.39 is 6.10 Å². The molecule has 1 N–H and O–H groups in total. The predicted molar refractivity (Wildman–Crippen MR) is 121 cm³/mol. The van der Waals surface area contributed by atoms with Crippen LogP contribution in [0.3, 0.4) is 0 Å². The van der Waals surface area contributed by atoms with Gasteiger partial charge in [0, 0.05) is 19.6 Å². The molecule has 164 valence electrons. The van der Waals surface area contributed by atoms with Crippen molar-refractivity contribution in [1.82, 2.24) is 9.80 Å². The van der Waals surface area contributed by atoms with E-state index in [0.717, 1.165) is 41.6 Å². The molecular formula is C25H36N2O3. The lowest BCUT2D eigenvalue weighted by molar-refractivity contribution is 0.124. The van der Waals surface area contributed by atoms with Crippen molar-refractivity contribution in [3.8, 4) is 11.5 Å². The van der Waals surface area contributed by atoms with Gasteiger partial charge in [-0.25, -0.2) is 0 Å². The summed E-state index contributed by atoms with van der Waals surface area (Å²) in [5.41, 5.74) is 2.07. The Morgan fingerprint density at radius 1 is 1.10 bits per heavy atom.